The first kappa shape index (κ1) is 74.6. The van der Waals surface area contributed by atoms with Gasteiger partial charge >= 0.3 is 0 Å². The second kappa shape index (κ2) is 31.9. The summed E-state index contributed by atoms with van der Waals surface area (Å²) < 4.78 is 37.5. The van der Waals surface area contributed by atoms with Crippen LogP contribution in [-0.4, -0.2) is 37.4 Å². The molecule has 0 unspecified atom stereocenters. The Kier molecular flexibility index (Phi) is 18.8. The summed E-state index contributed by atoms with van der Waals surface area (Å²) in [5.41, 5.74) is 31.4. The Morgan fingerprint density at radius 3 is 1.02 bits per heavy atom. The fourth-order valence-electron chi connectivity index (χ4n) is 20.3. The molecule has 0 bridgehead atoms. The average molecular weight is 1990 g/mol. The van der Waals surface area contributed by atoms with Crippen LogP contribution in [0.5, 0.6) is 0 Å². The van der Waals surface area contributed by atoms with E-state index in [1.807, 2.05) is 53.4 Å². The molecule has 0 fully saturated rings. The van der Waals surface area contributed by atoms with Crippen molar-refractivity contribution in [3.8, 4) is 95.5 Å². The van der Waals surface area contributed by atoms with Gasteiger partial charge in [-0.05, 0) is 160 Å². The van der Waals surface area contributed by atoms with Gasteiger partial charge in [-0.2, -0.15) is 65.2 Å². The number of rotatable bonds is 13. The summed E-state index contributed by atoms with van der Waals surface area (Å²) in [5, 5.41) is 4.47. The molecule has 8 nitrogen and oxygen atoms in total. The van der Waals surface area contributed by atoms with Gasteiger partial charge in [-0.25, -0.2) is 23.7 Å². The number of para-hydroxylation sites is 7. The van der Waals surface area contributed by atoms with E-state index in [0.717, 1.165) is 167 Å². The maximum Gasteiger partial charge on any atom is 0.188 e. The van der Waals surface area contributed by atoms with Gasteiger partial charge in [0.25, 0.3) is 0 Å². The van der Waals surface area contributed by atoms with Gasteiger partial charge in [0.2, 0.25) is 0 Å². The maximum absolute atomic E-state index is 8.36. The van der Waals surface area contributed by atoms with Crippen molar-refractivity contribution in [3.63, 3.8) is 0 Å². The molecule has 0 radical (unpaired) electrons. The zero-order valence-corrected chi connectivity index (χ0v) is 72.9. The van der Waals surface area contributed by atoms with Gasteiger partial charge in [0.05, 0.1) is 0 Å². The molecular formula is C117H76N8Pt2-2. The largest absolute Gasteiger partial charge is 0.319 e. The standard InChI is InChI=1S/C61H39N4.C56H37N4.2Pt/c1-3-18-42(19-4-1)48-24-7-8-25-49(48)43-36-37-62-60(38-43)65-56-31-14-11-28-52(56)53-35-34-45(40-59(53)65)61(54-29-12-9-26-50(54)51-27-10-13-30-55(51)61)44-20-17-23-47(39-44)64-41-63(46-21-5-2-6-22-46)57-32-15-16-33-58(57)64;1-58-37-59(53-29-14-13-28-52(53)58)42-19-15-18-40(35-42)56(49-25-10-7-22-45(49)46-23-8-11-26-50(46)56)41-30-31-48-47-24-9-12-27-51(47)60(54(48)36-41)55-34-39(32-33-57-55)44-21-6-5-20-43(44)38-16-3-2-4-17-38;;/h1-38,41H;2-34,37H,1H3;;/q2*-1;;/i;1D3;;. The van der Waals surface area contributed by atoms with Crippen LogP contribution < -0.4 is 0 Å². The number of fused-ring (bicyclic) bond motifs is 14. The van der Waals surface area contributed by atoms with Crippen LogP contribution in [0, 0.1) is 24.3 Å². The molecule has 23 aromatic rings. The first-order valence-electron chi connectivity index (χ1n) is 43.8. The quantitative estimate of drug-likeness (QED) is 0.108. The molecule has 2 aliphatic rings. The number of benzene rings is 17. The third-order valence-electron chi connectivity index (χ3n) is 25.7. The Morgan fingerprint density at radius 2 is 0.591 bits per heavy atom. The van der Waals surface area contributed by atoms with E-state index in [9.17, 15) is 0 Å². The van der Waals surface area contributed by atoms with E-state index >= 15 is 0 Å². The molecule has 0 N–H and O–H groups in total. The van der Waals surface area contributed by atoms with Crippen molar-refractivity contribution >= 4 is 65.7 Å². The Balaban J connectivity index is 0.000000150. The van der Waals surface area contributed by atoms with Crippen LogP contribution in [0.3, 0.4) is 0 Å². The molecule has 6 aromatic heterocycles. The Bertz CT molecular complexity index is 8270. The molecule has 0 aliphatic heterocycles. The minimum absolute atomic E-state index is 0. The second-order valence-corrected chi connectivity index (χ2v) is 32.2. The van der Waals surface area contributed by atoms with Gasteiger partial charge in [-0.1, -0.05) is 290 Å². The number of aromatic nitrogens is 8. The van der Waals surface area contributed by atoms with Crippen molar-refractivity contribution < 1.29 is 46.2 Å². The second-order valence-electron chi connectivity index (χ2n) is 32.2. The van der Waals surface area contributed by atoms with Gasteiger partial charge < -0.3 is 9.13 Å². The van der Waals surface area contributed by atoms with Crippen molar-refractivity contribution in [1.29, 1.82) is 0 Å². The summed E-state index contributed by atoms with van der Waals surface area (Å²) in [6.07, 6.45) is 7.71. The van der Waals surface area contributed by atoms with Crippen LogP contribution in [-0.2, 0) is 59.9 Å². The molecule has 17 aromatic carbocycles. The molecule has 0 amide bonds. The molecule has 0 spiro atoms. The molecule has 10 heteroatoms. The molecule has 6 heterocycles. The number of imidazole rings is 2. The number of pyridine rings is 2. The predicted octanol–water partition coefficient (Wildman–Crippen LogP) is 27.5. The summed E-state index contributed by atoms with van der Waals surface area (Å²) in [4.78, 5) is 10.2. The first-order valence-corrected chi connectivity index (χ1v) is 42.3. The van der Waals surface area contributed by atoms with E-state index in [1.54, 1.807) is 6.33 Å². The van der Waals surface area contributed by atoms with Gasteiger partial charge in [0, 0.05) is 123 Å². The van der Waals surface area contributed by atoms with Crippen LogP contribution in [0.25, 0.3) is 161 Å². The summed E-state index contributed by atoms with van der Waals surface area (Å²) in [5.74, 6) is 1.64. The van der Waals surface area contributed by atoms with Gasteiger partial charge in [0.1, 0.15) is 17.3 Å². The summed E-state index contributed by atoms with van der Waals surface area (Å²) >= 11 is 0. The normalized spacial score (nSPS) is 13.1. The predicted molar refractivity (Wildman–Crippen MR) is 510 cm³/mol. The molecular weight excluding hydrogens is 1910 g/mol. The van der Waals surface area contributed by atoms with Crippen LogP contribution in [0.15, 0.2) is 444 Å². The molecule has 0 atom stereocenters. The van der Waals surface area contributed by atoms with E-state index in [-0.39, 0.29) is 42.1 Å². The Labute approximate surface area is 768 Å². The Morgan fingerprint density at radius 1 is 0.260 bits per heavy atom. The summed E-state index contributed by atoms with van der Waals surface area (Å²) in [6, 6.07) is 164. The zero-order chi connectivity index (χ0) is 85.2. The number of aryl methyl sites for hydroxylation is 1. The van der Waals surface area contributed by atoms with E-state index in [2.05, 4.69) is 431 Å². The molecule has 2 aliphatic carbocycles. The van der Waals surface area contributed by atoms with Crippen LogP contribution >= 0.6 is 0 Å². The van der Waals surface area contributed by atoms with E-state index in [4.69, 9.17) is 14.1 Å². The van der Waals surface area contributed by atoms with Crippen molar-refractivity contribution in [3.05, 3.63) is 512 Å². The number of hydrogen-bond acceptors (Lipinski definition) is 2. The molecule has 0 saturated carbocycles. The van der Waals surface area contributed by atoms with Crippen molar-refractivity contribution in [2.75, 3.05) is 0 Å². The number of hydrogen-bond donors (Lipinski definition) is 0. The van der Waals surface area contributed by atoms with Crippen molar-refractivity contribution in [1.82, 2.24) is 37.4 Å². The third-order valence-corrected chi connectivity index (χ3v) is 25.7. The average Bonchev–Trinajstić information content (AvgIpc) is 1.53. The topological polar surface area (TPSA) is 55.4 Å². The van der Waals surface area contributed by atoms with Crippen molar-refractivity contribution in [2.45, 2.75) is 10.8 Å². The minimum atomic E-state index is -2.37. The van der Waals surface area contributed by atoms with Crippen LogP contribution in [0.4, 0.5) is 0 Å². The molecule has 0 saturated heterocycles. The van der Waals surface area contributed by atoms with Crippen molar-refractivity contribution in [2.24, 2.45) is 6.98 Å². The number of nitrogens with zero attached hydrogens (tertiary/aromatic N) is 8. The summed E-state index contributed by atoms with van der Waals surface area (Å²) in [7, 11) is 0. The maximum atomic E-state index is 8.36. The molecule has 127 heavy (non-hydrogen) atoms. The van der Waals surface area contributed by atoms with E-state index < -0.39 is 17.8 Å². The SMILES string of the molecule is [2H]C([2H])([2H])n1[cH+]n(-c2[c-]c(C3(c4[c-]c5c(cc4)c4ccccc4n5-c4cc(-c5ccccc5-c5ccccc5)ccn4)c4ccccc4-c4ccccc43)ccc2)c2ccccc21.[Pt].[Pt].[c-]1c(-n2[cH+]n(-c3ccccc3)c3ccccc32)cccc1C1(c2[c-]c3c(cc2)c2ccccc2n3-c2cc(-c3ccccc3-c3ccccc3)ccn2)c2ccccc2-c2ccccc21. The smallest absolute Gasteiger partial charge is 0.188 e. The third kappa shape index (κ3) is 12.5. The fourth-order valence-corrected chi connectivity index (χ4v) is 20.3. The van der Waals surface area contributed by atoms with Crippen LogP contribution in [0.1, 0.15) is 48.6 Å². The Hall–Kier alpha value is -15.0. The minimum Gasteiger partial charge on any atom is -0.319 e. The van der Waals surface area contributed by atoms with E-state index in [0.29, 0.717) is 5.52 Å². The summed E-state index contributed by atoms with van der Waals surface area (Å²) in [6.45, 7) is -2.37. The molecule has 606 valence electrons. The zero-order valence-electron chi connectivity index (χ0n) is 71.4. The van der Waals surface area contributed by atoms with Crippen LogP contribution in [0.2, 0.25) is 0 Å². The van der Waals surface area contributed by atoms with Gasteiger partial charge in [0.15, 0.2) is 34.7 Å². The monoisotopic (exact) mass is 1990 g/mol. The molecule has 25 rings (SSSR count). The van der Waals surface area contributed by atoms with Gasteiger partial charge in [-0.15, -0.1) is 51.2 Å². The first-order chi connectivity index (χ1) is 63.1. The fraction of sp³-hybridized carbons (Fsp3) is 0.0256. The van der Waals surface area contributed by atoms with Gasteiger partial charge in [-0.3, -0.25) is 0 Å². The van der Waals surface area contributed by atoms with E-state index in [1.165, 1.54) is 37.9 Å².